The summed E-state index contributed by atoms with van der Waals surface area (Å²) >= 11 is 3.16. The van der Waals surface area contributed by atoms with Crippen LogP contribution in [0.3, 0.4) is 0 Å². The number of ketones is 1. The zero-order chi connectivity index (χ0) is 11.6. The van der Waals surface area contributed by atoms with Crippen LogP contribution in [0.15, 0.2) is 18.2 Å². The van der Waals surface area contributed by atoms with Gasteiger partial charge in [-0.25, -0.2) is 8.78 Å². The van der Waals surface area contributed by atoms with Crippen molar-refractivity contribution < 1.29 is 13.6 Å². The molecular weight excluding hydrogens is 266 g/mol. The molecule has 1 atom stereocenters. The summed E-state index contributed by atoms with van der Waals surface area (Å²) in [7, 11) is 0. The van der Waals surface area contributed by atoms with Gasteiger partial charge in [-0.15, -0.1) is 0 Å². The lowest BCUT2D eigenvalue weighted by atomic mass is 10.0. The molecule has 0 heterocycles. The van der Waals surface area contributed by atoms with Gasteiger partial charge in [-0.3, -0.25) is 4.79 Å². The third kappa shape index (κ3) is 2.84. The molecule has 0 saturated carbocycles. The molecule has 4 heteroatoms. The number of carbonyl (C=O) groups is 1. The van der Waals surface area contributed by atoms with Crippen LogP contribution in [0.2, 0.25) is 0 Å². The summed E-state index contributed by atoms with van der Waals surface area (Å²) < 4.78 is 24.7. The number of rotatable bonds is 3. The Bertz CT molecular complexity index is 375. The third-order valence-corrected chi connectivity index (χ3v) is 2.55. The Morgan fingerprint density at radius 2 is 2.00 bits per heavy atom. The topological polar surface area (TPSA) is 17.1 Å². The van der Waals surface area contributed by atoms with Crippen molar-refractivity contribution >= 4 is 21.7 Å². The summed E-state index contributed by atoms with van der Waals surface area (Å²) in [6.45, 7) is 3.37. The average molecular weight is 277 g/mol. The van der Waals surface area contributed by atoms with Crippen molar-refractivity contribution in [2.45, 2.75) is 25.1 Å². The largest absolute Gasteiger partial charge is 0.293 e. The van der Waals surface area contributed by atoms with E-state index < -0.39 is 6.43 Å². The molecule has 0 aliphatic carbocycles. The van der Waals surface area contributed by atoms with E-state index in [2.05, 4.69) is 15.9 Å². The molecular formula is C11H11BrF2O. The Hall–Kier alpha value is -0.770. The molecule has 1 rings (SSSR count). The highest BCUT2D eigenvalue weighted by atomic mass is 79.9. The van der Waals surface area contributed by atoms with Crippen LogP contribution in [0.25, 0.3) is 0 Å². The number of hydrogen-bond acceptors (Lipinski definition) is 1. The van der Waals surface area contributed by atoms with Gasteiger partial charge < -0.3 is 0 Å². The van der Waals surface area contributed by atoms with E-state index in [1.165, 1.54) is 18.2 Å². The van der Waals surface area contributed by atoms with Gasteiger partial charge in [-0.05, 0) is 25.5 Å². The van der Waals surface area contributed by atoms with Crippen LogP contribution in [0.4, 0.5) is 8.78 Å². The van der Waals surface area contributed by atoms with Gasteiger partial charge in [0.15, 0.2) is 5.78 Å². The molecule has 0 amide bonds. The molecule has 0 saturated heterocycles. The SMILES string of the molecule is Cc1cc(C(F)F)ccc1C(=O)C(C)Br. The van der Waals surface area contributed by atoms with Gasteiger partial charge in [0.2, 0.25) is 0 Å². The van der Waals surface area contributed by atoms with Gasteiger partial charge in [0.05, 0.1) is 4.83 Å². The van der Waals surface area contributed by atoms with E-state index in [4.69, 9.17) is 0 Å². The molecule has 0 N–H and O–H groups in total. The summed E-state index contributed by atoms with van der Waals surface area (Å²) in [4.78, 5) is 11.3. The minimum absolute atomic E-state index is 0.0497. The molecule has 1 unspecified atom stereocenters. The van der Waals surface area contributed by atoms with Crippen molar-refractivity contribution in [1.29, 1.82) is 0 Å². The first-order valence-electron chi connectivity index (χ1n) is 4.50. The summed E-state index contributed by atoms with van der Waals surface area (Å²) in [5, 5.41) is 0. The molecule has 1 nitrogen and oxygen atoms in total. The first-order chi connectivity index (χ1) is 6.93. The Kier molecular flexibility index (Phi) is 3.97. The standard InChI is InChI=1S/C11H11BrF2O/c1-6-5-8(11(13)14)3-4-9(6)10(15)7(2)12/h3-5,7,11H,1-2H3. The predicted molar refractivity (Wildman–Crippen MR) is 58.9 cm³/mol. The van der Waals surface area contributed by atoms with E-state index in [0.717, 1.165) is 0 Å². The monoisotopic (exact) mass is 276 g/mol. The van der Waals surface area contributed by atoms with E-state index in [1.807, 2.05) is 0 Å². The van der Waals surface area contributed by atoms with Crippen molar-refractivity contribution in [3.63, 3.8) is 0 Å². The van der Waals surface area contributed by atoms with Crippen molar-refractivity contribution in [1.82, 2.24) is 0 Å². The molecule has 0 bridgehead atoms. The van der Waals surface area contributed by atoms with Gasteiger partial charge in [0.25, 0.3) is 6.43 Å². The molecule has 0 radical (unpaired) electrons. The molecule has 1 aromatic carbocycles. The Morgan fingerprint density at radius 1 is 1.40 bits per heavy atom. The van der Waals surface area contributed by atoms with Crippen molar-refractivity contribution in [3.8, 4) is 0 Å². The average Bonchev–Trinajstić information content (AvgIpc) is 2.16. The van der Waals surface area contributed by atoms with E-state index in [1.54, 1.807) is 13.8 Å². The lowest BCUT2D eigenvalue weighted by molar-refractivity contribution is 0.0994. The highest BCUT2D eigenvalue weighted by Gasteiger charge is 2.16. The highest BCUT2D eigenvalue weighted by Crippen LogP contribution is 2.22. The smallest absolute Gasteiger partial charge is 0.263 e. The Balaban J connectivity index is 3.08. The summed E-state index contributed by atoms with van der Waals surface area (Å²) in [5.74, 6) is -0.0895. The molecule has 15 heavy (non-hydrogen) atoms. The number of Topliss-reactive ketones (excluding diaryl/α,β-unsaturated/α-hetero) is 1. The fourth-order valence-electron chi connectivity index (χ4n) is 1.31. The van der Waals surface area contributed by atoms with Crippen LogP contribution in [0.1, 0.15) is 34.8 Å². The molecule has 82 valence electrons. The maximum absolute atomic E-state index is 12.3. The van der Waals surface area contributed by atoms with Gasteiger partial charge >= 0.3 is 0 Å². The van der Waals surface area contributed by atoms with E-state index in [9.17, 15) is 13.6 Å². The second-order valence-electron chi connectivity index (χ2n) is 3.36. The van der Waals surface area contributed by atoms with Crippen LogP contribution in [-0.2, 0) is 0 Å². The van der Waals surface area contributed by atoms with E-state index >= 15 is 0 Å². The maximum atomic E-state index is 12.3. The lowest BCUT2D eigenvalue weighted by Crippen LogP contribution is -2.11. The summed E-state index contributed by atoms with van der Waals surface area (Å²) in [5.41, 5.74) is 1.03. The molecule has 0 spiro atoms. The molecule has 0 aliphatic rings. The maximum Gasteiger partial charge on any atom is 0.263 e. The number of halogens is 3. The number of carbonyl (C=O) groups excluding carboxylic acids is 1. The highest BCUT2D eigenvalue weighted by molar-refractivity contribution is 9.10. The summed E-state index contributed by atoms with van der Waals surface area (Å²) in [6.07, 6.45) is -2.49. The number of aryl methyl sites for hydroxylation is 1. The van der Waals surface area contributed by atoms with Crippen LogP contribution < -0.4 is 0 Å². The van der Waals surface area contributed by atoms with E-state index in [0.29, 0.717) is 11.1 Å². The molecule has 0 fully saturated rings. The predicted octanol–water partition coefficient (Wildman–Crippen LogP) is 3.90. The fraction of sp³-hybridized carbons (Fsp3) is 0.364. The van der Waals surface area contributed by atoms with Crippen molar-refractivity contribution in [3.05, 3.63) is 34.9 Å². The quantitative estimate of drug-likeness (QED) is 0.605. The first kappa shape index (κ1) is 12.3. The lowest BCUT2D eigenvalue weighted by Gasteiger charge is -2.08. The minimum Gasteiger partial charge on any atom is -0.293 e. The van der Waals surface area contributed by atoms with Crippen LogP contribution in [-0.4, -0.2) is 10.6 Å². The first-order valence-corrected chi connectivity index (χ1v) is 5.42. The summed E-state index contributed by atoms with van der Waals surface area (Å²) in [6, 6.07) is 4.10. The number of alkyl halides is 3. The fourth-order valence-corrected chi connectivity index (χ4v) is 1.56. The zero-order valence-electron chi connectivity index (χ0n) is 8.43. The van der Waals surface area contributed by atoms with Gasteiger partial charge in [-0.2, -0.15) is 0 Å². The van der Waals surface area contributed by atoms with Crippen molar-refractivity contribution in [2.24, 2.45) is 0 Å². The molecule has 0 aromatic heterocycles. The second-order valence-corrected chi connectivity index (χ2v) is 4.73. The molecule has 1 aromatic rings. The number of hydrogen-bond donors (Lipinski definition) is 0. The molecule has 0 aliphatic heterocycles. The van der Waals surface area contributed by atoms with Crippen LogP contribution in [0, 0.1) is 6.92 Å². The normalized spacial score (nSPS) is 12.9. The van der Waals surface area contributed by atoms with Gasteiger partial charge in [-0.1, -0.05) is 28.1 Å². The second kappa shape index (κ2) is 4.84. The zero-order valence-corrected chi connectivity index (χ0v) is 10.0. The van der Waals surface area contributed by atoms with Crippen molar-refractivity contribution in [2.75, 3.05) is 0 Å². The van der Waals surface area contributed by atoms with Gasteiger partial charge in [0, 0.05) is 11.1 Å². The third-order valence-electron chi connectivity index (χ3n) is 2.13. The number of benzene rings is 1. The minimum atomic E-state index is -2.49. The Morgan fingerprint density at radius 3 is 2.40 bits per heavy atom. The van der Waals surface area contributed by atoms with Gasteiger partial charge in [0.1, 0.15) is 0 Å². The van der Waals surface area contributed by atoms with Crippen LogP contribution in [0.5, 0.6) is 0 Å². The van der Waals surface area contributed by atoms with Crippen LogP contribution >= 0.6 is 15.9 Å². The Labute approximate surface area is 95.6 Å². The van der Waals surface area contributed by atoms with E-state index in [-0.39, 0.29) is 16.2 Å².